The van der Waals surface area contributed by atoms with Crippen LogP contribution in [0.3, 0.4) is 0 Å². The second-order valence-electron chi connectivity index (χ2n) is 9.53. The van der Waals surface area contributed by atoms with Crippen molar-refractivity contribution in [3.05, 3.63) is 46.6 Å². The normalized spacial score (nSPS) is 17.6. The van der Waals surface area contributed by atoms with Gasteiger partial charge in [-0.2, -0.15) is 13.2 Å². The van der Waals surface area contributed by atoms with E-state index in [9.17, 15) is 35.2 Å². The number of pyridine rings is 1. The van der Waals surface area contributed by atoms with E-state index in [4.69, 9.17) is 4.74 Å². The molecule has 1 aromatic carbocycles. The molecule has 1 aliphatic rings. The molecular weight excluding hydrogens is 579 g/mol. The summed E-state index contributed by atoms with van der Waals surface area (Å²) in [5.74, 6) is -2.09. The van der Waals surface area contributed by atoms with E-state index in [1.165, 1.54) is 41.8 Å². The number of anilines is 2. The summed E-state index contributed by atoms with van der Waals surface area (Å²) in [6.45, 7) is 1.71. The Hall–Kier alpha value is -2.91. The number of carbonyl (C=O) groups excluding carboxylic acids is 1. The van der Waals surface area contributed by atoms with E-state index in [0.29, 0.717) is 14.7 Å². The summed E-state index contributed by atoms with van der Waals surface area (Å²) >= 11 is 1.22. The van der Waals surface area contributed by atoms with Crippen LogP contribution in [0.1, 0.15) is 41.1 Å². The second-order valence-corrected chi connectivity index (χ2v) is 13.0. The lowest BCUT2D eigenvalue weighted by Gasteiger charge is -2.34. The van der Waals surface area contributed by atoms with Crippen LogP contribution >= 0.6 is 11.3 Å². The molecule has 15 heteroatoms. The van der Waals surface area contributed by atoms with Crippen LogP contribution in [0.25, 0.3) is 10.3 Å². The molecule has 3 heterocycles. The van der Waals surface area contributed by atoms with Crippen LogP contribution < -0.4 is 5.32 Å². The minimum atomic E-state index is -4.81. The molecule has 0 aliphatic carbocycles. The molecule has 2 aromatic heterocycles. The van der Waals surface area contributed by atoms with Crippen molar-refractivity contribution in [3.63, 3.8) is 0 Å². The number of nitrogens with zero attached hydrogens (tertiary/aromatic N) is 3. The van der Waals surface area contributed by atoms with Crippen LogP contribution in [-0.2, 0) is 19.4 Å². The minimum absolute atomic E-state index is 0.0285. The fourth-order valence-electron chi connectivity index (χ4n) is 4.82. The van der Waals surface area contributed by atoms with E-state index in [1.54, 1.807) is 6.92 Å². The molecule has 1 amide bonds. The number of aromatic nitrogens is 2. The van der Waals surface area contributed by atoms with Gasteiger partial charge in [-0.05, 0) is 37.5 Å². The molecule has 3 aromatic rings. The van der Waals surface area contributed by atoms with Crippen molar-refractivity contribution in [1.82, 2.24) is 14.9 Å². The molecule has 0 unspecified atom stereocenters. The number of ether oxygens (including phenoxy) is 1. The van der Waals surface area contributed by atoms with Crippen molar-refractivity contribution in [2.75, 3.05) is 31.0 Å². The highest BCUT2D eigenvalue weighted by Gasteiger charge is 2.46. The Labute approximate surface area is 231 Å². The molecule has 1 saturated heterocycles. The fraction of sp³-hybridized carbons (Fsp3) is 0.480. The summed E-state index contributed by atoms with van der Waals surface area (Å²) in [4.78, 5) is 22.5. The first-order valence-corrected chi connectivity index (χ1v) is 14.8. The quantitative estimate of drug-likeness (QED) is 0.334. The van der Waals surface area contributed by atoms with E-state index < -0.39 is 46.4 Å². The number of methoxy groups -OCH3 is 1. The Bertz CT molecular complexity index is 1460. The largest absolute Gasteiger partial charge is 0.413 e. The van der Waals surface area contributed by atoms with E-state index >= 15 is 0 Å². The Morgan fingerprint density at radius 1 is 1.18 bits per heavy atom. The monoisotopic (exact) mass is 606 g/mol. The van der Waals surface area contributed by atoms with Gasteiger partial charge in [0, 0.05) is 31.3 Å². The second kappa shape index (κ2) is 11.5. The van der Waals surface area contributed by atoms with Crippen molar-refractivity contribution in [2.24, 2.45) is 5.92 Å². The van der Waals surface area contributed by atoms with Crippen LogP contribution in [0.5, 0.6) is 0 Å². The zero-order chi connectivity index (χ0) is 29.4. The number of hydrogen-bond donors (Lipinski definition) is 1. The maximum atomic E-state index is 14.2. The molecule has 0 bridgehead atoms. The van der Waals surface area contributed by atoms with Gasteiger partial charge in [0.2, 0.25) is 5.91 Å². The van der Waals surface area contributed by atoms with E-state index in [1.807, 2.05) is 0 Å². The molecule has 40 heavy (non-hydrogen) atoms. The molecule has 4 rings (SSSR count). The number of amides is 1. The van der Waals surface area contributed by atoms with E-state index in [2.05, 4.69) is 15.3 Å². The number of halogens is 5. The molecule has 2 atom stereocenters. The fourth-order valence-corrected chi connectivity index (χ4v) is 7.09. The third-order valence-corrected chi connectivity index (χ3v) is 9.39. The van der Waals surface area contributed by atoms with Crippen molar-refractivity contribution in [1.29, 1.82) is 0 Å². The summed E-state index contributed by atoms with van der Waals surface area (Å²) in [5.41, 5.74) is 0.538. The number of hydrogen-bond acceptors (Lipinski definition) is 8. The Kier molecular flexibility index (Phi) is 8.66. The highest BCUT2D eigenvalue weighted by molar-refractivity contribution is 7.91. The van der Waals surface area contributed by atoms with Gasteiger partial charge in [0.05, 0.1) is 28.4 Å². The number of thiazole rings is 1. The Balaban J connectivity index is 1.61. The molecule has 0 spiro atoms. The zero-order valence-corrected chi connectivity index (χ0v) is 23.3. The molecule has 1 aliphatic heterocycles. The number of alkyl halides is 5. The number of fused-ring (bicyclic) bond motifs is 1. The average molecular weight is 607 g/mol. The highest BCUT2D eigenvalue weighted by Crippen LogP contribution is 2.40. The number of sulfone groups is 1. The SMILES string of the molecule is CO[C@H](c1c(Nc2ccc([C@H](N(C)C(=O)C3CCS(=O)(=O)CC3)C(F)(F)F)cc2)cnc2sc(C)nc12)C(F)F. The lowest BCUT2D eigenvalue weighted by atomic mass is 9.98. The lowest BCUT2D eigenvalue weighted by molar-refractivity contribution is -0.190. The first-order valence-electron chi connectivity index (χ1n) is 12.2. The van der Waals surface area contributed by atoms with Gasteiger partial charge in [-0.1, -0.05) is 23.5 Å². The summed E-state index contributed by atoms with van der Waals surface area (Å²) in [6.07, 6.45) is -8.04. The maximum absolute atomic E-state index is 14.2. The van der Waals surface area contributed by atoms with Gasteiger partial charge in [0.15, 0.2) is 6.04 Å². The molecule has 8 nitrogen and oxygen atoms in total. The molecule has 1 fully saturated rings. The number of nitrogens with one attached hydrogen (secondary N) is 1. The minimum Gasteiger partial charge on any atom is -0.371 e. The zero-order valence-electron chi connectivity index (χ0n) is 21.7. The van der Waals surface area contributed by atoms with Crippen molar-refractivity contribution < 1.29 is 39.9 Å². The average Bonchev–Trinajstić information content (AvgIpc) is 3.25. The van der Waals surface area contributed by atoms with Crippen LogP contribution in [-0.4, -0.2) is 67.5 Å². The van der Waals surface area contributed by atoms with Crippen molar-refractivity contribution in [3.8, 4) is 0 Å². The van der Waals surface area contributed by atoms with Gasteiger partial charge in [-0.25, -0.2) is 27.2 Å². The van der Waals surface area contributed by atoms with E-state index in [0.717, 1.165) is 14.2 Å². The van der Waals surface area contributed by atoms with Gasteiger partial charge in [0.25, 0.3) is 6.43 Å². The van der Waals surface area contributed by atoms with Gasteiger partial charge in [0.1, 0.15) is 26.3 Å². The molecule has 0 radical (unpaired) electrons. The Morgan fingerprint density at radius 3 is 2.35 bits per heavy atom. The number of carbonyl (C=O) groups is 1. The van der Waals surface area contributed by atoms with Gasteiger partial charge in [-0.3, -0.25) is 4.79 Å². The molecule has 1 N–H and O–H groups in total. The summed E-state index contributed by atoms with van der Waals surface area (Å²) in [6, 6.07) is 2.79. The molecule has 0 saturated carbocycles. The van der Waals surface area contributed by atoms with Gasteiger partial charge < -0.3 is 15.0 Å². The van der Waals surface area contributed by atoms with Gasteiger partial charge >= 0.3 is 6.18 Å². The predicted octanol–water partition coefficient (Wildman–Crippen LogP) is 5.58. The van der Waals surface area contributed by atoms with Gasteiger partial charge in [-0.15, -0.1) is 0 Å². The lowest BCUT2D eigenvalue weighted by Crippen LogP contribution is -2.44. The third kappa shape index (κ3) is 6.36. The van der Waals surface area contributed by atoms with Crippen LogP contribution in [0, 0.1) is 12.8 Å². The van der Waals surface area contributed by atoms with Crippen molar-refractivity contribution >= 4 is 48.8 Å². The molecule has 218 valence electrons. The summed E-state index contributed by atoms with van der Waals surface area (Å²) < 4.78 is 98.5. The van der Waals surface area contributed by atoms with Crippen molar-refractivity contribution in [2.45, 2.75) is 44.5 Å². The number of benzene rings is 1. The first kappa shape index (κ1) is 30.1. The topological polar surface area (TPSA) is 101 Å². The molecular formula is C25H27F5N4O4S2. The highest BCUT2D eigenvalue weighted by atomic mass is 32.2. The first-order chi connectivity index (χ1) is 18.7. The predicted molar refractivity (Wildman–Crippen MR) is 141 cm³/mol. The van der Waals surface area contributed by atoms with Crippen LogP contribution in [0.15, 0.2) is 30.5 Å². The maximum Gasteiger partial charge on any atom is 0.413 e. The van der Waals surface area contributed by atoms with Crippen LogP contribution in [0.2, 0.25) is 0 Å². The summed E-state index contributed by atoms with van der Waals surface area (Å²) in [5, 5.41) is 3.54. The Morgan fingerprint density at radius 2 is 1.80 bits per heavy atom. The summed E-state index contributed by atoms with van der Waals surface area (Å²) in [7, 11) is -1.10. The number of rotatable bonds is 8. The third-order valence-electron chi connectivity index (χ3n) is 6.79. The number of aryl methyl sites for hydroxylation is 1. The van der Waals surface area contributed by atoms with Crippen LogP contribution in [0.4, 0.5) is 33.3 Å². The smallest absolute Gasteiger partial charge is 0.371 e. The standard InChI is InChI=1S/C25H27F5N4O4S2/c1-13-32-19-18(20(38-3)22(26)27)17(12-31-23(19)39-13)33-16-6-4-14(5-7-16)21(25(28,29)30)34(2)24(35)15-8-10-40(36,37)11-9-15/h4-7,12,15,20-22,33H,8-11H2,1-3H3/t20-,21+/m1/s1. The van der Waals surface area contributed by atoms with E-state index in [-0.39, 0.29) is 52.4 Å².